The maximum Gasteiger partial charge on any atom is 0.321 e. The summed E-state index contributed by atoms with van der Waals surface area (Å²) >= 11 is 0. The minimum atomic E-state index is -1.14. The first-order valence-corrected chi connectivity index (χ1v) is 6.66. The second-order valence-electron chi connectivity index (χ2n) is 4.72. The van der Waals surface area contributed by atoms with Gasteiger partial charge < -0.3 is 19.6 Å². The number of ether oxygens (including phenoxy) is 2. The summed E-state index contributed by atoms with van der Waals surface area (Å²) in [5.74, 6) is -3.01. The predicted octanol–water partition coefficient (Wildman–Crippen LogP) is 1.81. The third-order valence-electron chi connectivity index (χ3n) is 3.45. The number of nitrogens with one attached hydrogen (secondary N) is 1. The van der Waals surface area contributed by atoms with Crippen molar-refractivity contribution in [3.63, 3.8) is 0 Å². The van der Waals surface area contributed by atoms with E-state index in [0.717, 1.165) is 0 Å². The second kappa shape index (κ2) is 6.80. The van der Waals surface area contributed by atoms with Crippen LogP contribution in [0.2, 0.25) is 0 Å². The van der Waals surface area contributed by atoms with Crippen LogP contribution in [0.15, 0.2) is 42.6 Å². The standard InChI is InChI=1S/C16H17NO5/c1-21-15(19)14(16(20)22-2)13(12-4-3-9-17-12)10-5-7-11(18)8-6-10/h3-9,13-14,17-18H,1-2H3. The van der Waals surface area contributed by atoms with Gasteiger partial charge >= 0.3 is 11.9 Å². The molecule has 22 heavy (non-hydrogen) atoms. The molecule has 0 amide bonds. The minimum absolute atomic E-state index is 0.0988. The molecule has 116 valence electrons. The van der Waals surface area contributed by atoms with Crippen LogP contribution in [0.25, 0.3) is 0 Å². The van der Waals surface area contributed by atoms with Crippen LogP contribution in [0.1, 0.15) is 17.2 Å². The lowest BCUT2D eigenvalue weighted by atomic mass is 9.83. The van der Waals surface area contributed by atoms with Crippen molar-refractivity contribution in [3.8, 4) is 5.75 Å². The van der Waals surface area contributed by atoms with E-state index < -0.39 is 23.8 Å². The Morgan fingerprint density at radius 3 is 2.09 bits per heavy atom. The highest BCUT2D eigenvalue weighted by atomic mass is 16.5. The van der Waals surface area contributed by atoms with Crippen molar-refractivity contribution in [2.24, 2.45) is 5.92 Å². The lowest BCUT2D eigenvalue weighted by molar-refractivity contribution is -0.159. The smallest absolute Gasteiger partial charge is 0.321 e. The fourth-order valence-electron chi connectivity index (χ4n) is 2.39. The summed E-state index contributed by atoms with van der Waals surface area (Å²) in [7, 11) is 2.45. The minimum Gasteiger partial charge on any atom is -0.508 e. The van der Waals surface area contributed by atoms with Crippen LogP contribution >= 0.6 is 0 Å². The first kappa shape index (κ1) is 15.6. The highest BCUT2D eigenvalue weighted by Gasteiger charge is 2.39. The zero-order valence-electron chi connectivity index (χ0n) is 12.3. The average Bonchev–Trinajstić information content (AvgIpc) is 3.06. The number of esters is 2. The van der Waals surface area contributed by atoms with Crippen LogP contribution in [-0.4, -0.2) is 36.2 Å². The normalized spacial score (nSPS) is 12.0. The molecule has 6 nitrogen and oxygen atoms in total. The van der Waals surface area contributed by atoms with Crippen molar-refractivity contribution < 1.29 is 24.2 Å². The monoisotopic (exact) mass is 303 g/mol. The summed E-state index contributed by atoms with van der Waals surface area (Å²) in [6.07, 6.45) is 1.70. The van der Waals surface area contributed by atoms with Crippen molar-refractivity contribution in [1.82, 2.24) is 4.98 Å². The fraction of sp³-hybridized carbons (Fsp3) is 0.250. The van der Waals surface area contributed by atoms with Gasteiger partial charge in [-0.25, -0.2) is 0 Å². The topological polar surface area (TPSA) is 88.6 Å². The molecule has 0 aliphatic heterocycles. The van der Waals surface area contributed by atoms with Gasteiger partial charge in [-0.05, 0) is 29.8 Å². The van der Waals surface area contributed by atoms with Gasteiger partial charge in [-0.2, -0.15) is 0 Å². The number of hydrogen-bond acceptors (Lipinski definition) is 5. The van der Waals surface area contributed by atoms with E-state index in [4.69, 9.17) is 9.47 Å². The molecule has 1 heterocycles. The van der Waals surface area contributed by atoms with Gasteiger partial charge in [0.25, 0.3) is 0 Å². The summed E-state index contributed by atoms with van der Waals surface area (Å²) in [5, 5.41) is 9.43. The quantitative estimate of drug-likeness (QED) is 0.649. The van der Waals surface area contributed by atoms with Crippen molar-refractivity contribution in [3.05, 3.63) is 53.9 Å². The number of H-pyrrole nitrogens is 1. The Hall–Kier alpha value is -2.76. The van der Waals surface area contributed by atoms with Gasteiger partial charge in [0.15, 0.2) is 5.92 Å². The highest BCUT2D eigenvalue weighted by Crippen LogP contribution is 2.33. The van der Waals surface area contributed by atoms with Gasteiger partial charge in [0.05, 0.1) is 14.2 Å². The van der Waals surface area contributed by atoms with E-state index in [1.54, 1.807) is 30.5 Å². The van der Waals surface area contributed by atoms with Crippen LogP contribution in [0, 0.1) is 5.92 Å². The van der Waals surface area contributed by atoms with Crippen molar-refractivity contribution in [2.75, 3.05) is 14.2 Å². The average molecular weight is 303 g/mol. The van der Waals surface area contributed by atoms with Gasteiger partial charge in [0, 0.05) is 17.8 Å². The van der Waals surface area contributed by atoms with Crippen LogP contribution in [0.3, 0.4) is 0 Å². The fourth-order valence-corrected chi connectivity index (χ4v) is 2.39. The van der Waals surface area contributed by atoms with E-state index in [9.17, 15) is 14.7 Å². The molecular weight excluding hydrogens is 286 g/mol. The molecule has 0 radical (unpaired) electrons. The highest BCUT2D eigenvalue weighted by molar-refractivity contribution is 5.96. The predicted molar refractivity (Wildman–Crippen MR) is 78.3 cm³/mol. The van der Waals surface area contributed by atoms with Crippen molar-refractivity contribution in [1.29, 1.82) is 0 Å². The molecule has 2 rings (SSSR count). The first-order chi connectivity index (χ1) is 10.6. The lowest BCUT2D eigenvalue weighted by Gasteiger charge is -2.23. The molecule has 0 bridgehead atoms. The van der Waals surface area contributed by atoms with E-state index in [-0.39, 0.29) is 5.75 Å². The second-order valence-corrected chi connectivity index (χ2v) is 4.72. The Morgan fingerprint density at radius 1 is 1.05 bits per heavy atom. The third kappa shape index (κ3) is 3.11. The summed E-state index contributed by atoms with van der Waals surface area (Å²) in [6, 6.07) is 9.85. The van der Waals surface area contributed by atoms with E-state index in [1.807, 2.05) is 0 Å². The molecule has 1 unspecified atom stereocenters. The Morgan fingerprint density at radius 2 is 1.64 bits per heavy atom. The number of carbonyl (C=O) groups is 2. The molecule has 2 N–H and O–H groups in total. The zero-order chi connectivity index (χ0) is 16.1. The molecule has 0 saturated carbocycles. The number of carbonyl (C=O) groups excluding carboxylic acids is 2. The van der Waals surface area contributed by atoms with Gasteiger partial charge in [-0.1, -0.05) is 12.1 Å². The number of aromatic nitrogens is 1. The first-order valence-electron chi connectivity index (χ1n) is 6.66. The Bertz CT molecular complexity index is 617. The number of hydrogen-bond donors (Lipinski definition) is 2. The van der Waals surface area contributed by atoms with Crippen LogP contribution in [-0.2, 0) is 19.1 Å². The molecular formula is C16H17NO5. The molecule has 0 spiro atoms. The van der Waals surface area contributed by atoms with Gasteiger partial charge in [-0.3, -0.25) is 9.59 Å². The molecule has 0 fully saturated rings. The number of benzene rings is 1. The lowest BCUT2D eigenvalue weighted by Crippen LogP contribution is -2.33. The molecule has 1 aromatic carbocycles. The van der Waals surface area contributed by atoms with Crippen molar-refractivity contribution >= 4 is 11.9 Å². The van der Waals surface area contributed by atoms with Gasteiger partial charge in [0.1, 0.15) is 5.75 Å². The number of methoxy groups -OCH3 is 2. The van der Waals surface area contributed by atoms with E-state index in [1.165, 1.54) is 26.4 Å². The molecule has 0 aliphatic carbocycles. The Kier molecular flexibility index (Phi) is 4.83. The van der Waals surface area contributed by atoms with Crippen LogP contribution in [0.4, 0.5) is 0 Å². The summed E-state index contributed by atoms with van der Waals surface area (Å²) in [5.41, 5.74) is 1.35. The van der Waals surface area contributed by atoms with Gasteiger partial charge in [0.2, 0.25) is 0 Å². The van der Waals surface area contributed by atoms with Crippen molar-refractivity contribution in [2.45, 2.75) is 5.92 Å². The number of phenolic OH excluding ortho intramolecular Hbond substituents is 1. The molecule has 0 aliphatic rings. The molecule has 1 aromatic heterocycles. The summed E-state index contributed by atoms with van der Waals surface area (Å²) < 4.78 is 9.51. The Labute approximate surface area is 127 Å². The zero-order valence-corrected chi connectivity index (χ0v) is 12.3. The maximum atomic E-state index is 12.1. The SMILES string of the molecule is COC(=O)C(C(=O)OC)C(c1ccc(O)cc1)c1ccc[nH]1. The van der Waals surface area contributed by atoms with Crippen LogP contribution in [0.5, 0.6) is 5.75 Å². The molecule has 2 aromatic rings. The molecule has 1 atom stereocenters. The number of phenols is 1. The number of aromatic amines is 1. The maximum absolute atomic E-state index is 12.1. The third-order valence-corrected chi connectivity index (χ3v) is 3.45. The van der Waals surface area contributed by atoms with E-state index in [0.29, 0.717) is 11.3 Å². The largest absolute Gasteiger partial charge is 0.508 e. The summed E-state index contributed by atoms with van der Waals surface area (Å²) in [4.78, 5) is 27.2. The Balaban J connectivity index is 2.53. The van der Waals surface area contributed by atoms with E-state index >= 15 is 0 Å². The van der Waals surface area contributed by atoms with E-state index in [2.05, 4.69) is 4.98 Å². The molecule has 6 heteroatoms. The van der Waals surface area contributed by atoms with Crippen LogP contribution < -0.4 is 0 Å². The summed E-state index contributed by atoms with van der Waals surface area (Å²) in [6.45, 7) is 0. The number of aromatic hydroxyl groups is 1. The van der Waals surface area contributed by atoms with Gasteiger partial charge in [-0.15, -0.1) is 0 Å². The number of rotatable bonds is 5. The molecule has 0 saturated heterocycles.